The maximum atomic E-state index is 11.8. The van der Waals surface area contributed by atoms with Crippen LogP contribution in [0, 0.1) is 5.92 Å². The number of rotatable bonds is 1. The van der Waals surface area contributed by atoms with E-state index in [0.29, 0.717) is 0 Å². The average molecular weight is 358 g/mol. The minimum atomic E-state index is -0.143. The third-order valence-corrected chi connectivity index (χ3v) is 4.68. The summed E-state index contributed by atoms with van der Waals surface area (Å²) in [5.74, 6) is 0.00330. The number of fused-ring (bicyclic) bond motifs is 2. The summed E-state index contributed by atoms with van der Waals surface area (Å²) in [6.07, 6.45) is 2.77. The van der Waals surface area contributed by atoms with Gasteiger partial charge in [-0.1, -0.05) is 50.1 Å². The second-order valence-electron chi connectivity index (χ2n) is 4.40. The van der Waals surface area contributed by atoms with Gasteiger partial charge in [0.05, 0.1) is 5.92 Å². The molecule has 2 aliphatic heterocycles. The smallest absolute Gasteiger partial charge is 0.314 e. The van der Waals surface area contributed by atoms with Gasteiger partial charge in [-0.05, 0) is 24.1 Å². The number of esters is 1. The molecule has 4 rings (SSSR count). The number of carbonyl (C=O) groups is 1. The van der Waals surface area contributed by atoms with E-state index in [1.165, 1.54) is 5.56 Å². The summed E-state index contributed by atoms with van der Waals surface area (Å²) in [7, 11) is 0. The van der Waals surface area contributed by atoms with Crippen molar-refractivity contribution in [1.82, 2.24) is 0 Å². The molecule has 3 aliphatic rings. The molecule has 0 amide bonds. The van der Waals surface area contributed by atoms with Crippen molar-refractivity contribution in [3.63, 3.8) is 0 Å². The second-order valence-corrected chi connectivity index (χ2v) is 6.23. The molecule has 1 saturated heterocycles. The van der Waals surface area contributed by atoms with Gasteiger partial charge in [0, 0.05) is 14.9 Å². The van der Waals surface area contributed by atoms with Crippen LogP contribution in [0.15, 0.2) is 39.3 Å². The van der Waals surface area contributed by atoms with E-state index in [1.807, 2.05) is 18.2 Å². The van der Waals surface area contributed by atoms with Crippen LogP contribution < -0.4 is 0 Å². The summed E-state index contributed by atoms with van der Waals surface area (Å²) >= 11 is 6.88. The van der Waals surface area contributed by atoms with Gasteiger partial charge in [-0.15, -0.1) is 0 Å². The lowest BCUT2D eigenvalue weighted by Gasteiger charge is -2.38. The van der Waals surface area contributed by atoms with Gasteiger partial charge >= 0.3 is 5.97 Å². The minimum Gasteiger partial charge on any atom is -0.456 e. The van der Waals surface area contributed by atoms with Crippen LogP contribution in [-0.4, -0.2) is 12.1 Å². The largest absolute Gasteiger partial charge is 0.456 e. The molecule has 17 heavy (non-hydrogen) atoms. The average Bonchev–Trinajstić information content (AvgIpc) is 2.31. The van der Waals surface area contributed by atoms with E-state index in [2.05, 4.69) is 44.0 Å². The molecule has 1 aromatic carbocycles. The zero-order chi connectivity index (χ0) is 12.0. The molecule has 4 heteroatoms. The van der Waals surface area contributed by atoms with E-state index in [4.69, 9.17) is 4.74 Å². The lowest BCUT2D eigenvalue weighted by atomic mass is 9.76. The van der Waals surface area contributed by atoms with Gasteiger partial charge in [-0.2, -0.15) is 0 Å². The first-order valence-corrected chi connectivity index (χ1v) is 7.07. The van der Waals surface area contributed by atoms with Crippen LogP contribution in [0.25, 0.3) is 0 Å². The summed E-state index contributed by atoms with van der Waals surface area (Å²) in [5.41, 5.74) is 1.20. The highest BCUT2D eigenvalue weighted by Crippen LogP contribution is 2.44. The van der Waals surface area contributed by atoms with Crippen LogP contribution in [0.1, 0.15) is 17.9 Å². The van der Waals surface area contributed by atoms with Gasteiger partial charge in [0.2, 0.25) is 0 Å². The molecule has 0 radical (unpaired) electrons. The molecular weight excluding hydrogens is 348 g/mol. The van der Waals surface area contributed by atoms with Crippen molar-refractivity contribution in [2.75, 3.05) is 0 Å². The Morgan fingerprint density at radius 3 is 2.53 bits per heavy atom. The molecule has 88 valence electrons. The number of hydrogen-bond acceptors (Lipinski definition) is 2. The number of hydrogen-bond donors (Lipinski definition) is 0. The normalized spacial score (nSPS) is 31.1. The Labute approximate surface area is 116 Å². The summed E-state index contributed by atoms with van der Waals surface area (Å²) in [5, 5.41) is 0. The molecule has 1 aromatic rings. The highest BCUT2D eigenvalue weighted by molar-refractivity contribution is 9.11. The van der Waals surface area contributed by atoms with Crippen LogP contribution in [0.5, 0.6) is 0 Å². The quantitative estimate of drug-likeness (QED) is 0.715. The van der Waals surface area contributed by atoms with Crippen LogP contribution in [0.4, 0.5) is 0 Å². The van der Waals surface area contributed by atoms with E-state index < -0.39 is 0 Å². The fourth-order valence-corrected chi connectivity index (χ4v) is 3.32. The fraction of sp³-hybridized carbons (Fsp3) is 0.308. The molecule has 0 unspecified atom stereocenters. The highest BCUT2D eigenvalue weighted by atomic mass is 79.9. The first kappa shape index (κ1) is 11.5. The highest BCUT2D eigenvalue weighted by Gasteiger charge is 2.43. The third-order valence-electron chi connectivity index (χ3n) is 3.38. The topological polar surface area (TPSA) is 26.3 Å². The molecule has 0 aromatic heterocycles. The maximum Gasteiger partial charge on any atom is 0.314 e. The summed E-state index contributed by atoms with van der Waals surface area (Å²) in [6.45, 7) is 0. The lowest BCUT2D eigenvalue weighted by molar-refractivity contribution is -0.158. The van der Waals surface area contributed by atoms with Crippen molar-refractivity contribution in [1.29, 1.82) is 0 Å². The molecule has 3 atom stereocenters. The second kappa shape index (κ2) is 4.25. The van der Waals surface area contributed by atoms with Gasteiger partial charge in [0.15, 0.2) is 0 Å². The molecule has 2 heterocycles. The first-order chi connectivity index (χ1) is 8.15. The fourth-order valence-electron chi connectivity index (χ4n) is 2.49. The van der Waals surface area contributed by atoms with Crippen molar-refractivity contribution in [2.45, 2.75) is 18.4 Å². The van der Waals surface area contributed by atoms with Crippen LogP contribution in [0.2, 0.25) is 0 Å². The van der Waals surface area contributed by atoms with Crippen molar-refractivity contribution in [2.24, 2.45) is 5.92 Å². The van der Waals surface area contributed by atoms with E-state index in [0.717, 1.165) is 15.4 Å². The van der Waals surface area contributed by atoms with Gasteiger partial charge in [-0.3, -0.25) is 4.79 Å². The van der Waals surface area contributed by atoms with Crippen molar-refractivity contribution >= 4 is 37.8 Å². The predicted octanol–water partition coefficient (Wildman–Crippen LogP) is 3.76. The number of carbonyl (C=O) groups excluding carboxylic acids is 1. The van der Waals surface area contributed by atoms with Crippen molar-refractivity contribution < 1.29 is 9.53 Å². The van der Waals surface area contributed by atoms with E-state index in [9.17, 15) is 4.79 Å². The standard InChI is InChI=1S/C13H10Br2O2/c14-8-3-1-7(2-4-8)9-6-12-11(15)5-10(9)13(16)17-12/h1-5,9-10,12H,6H2/t9-,10-,12-/m0/s1. The van der Waals surface area contributed by atoms with Gasteiger partial charge in [0.1, 0.15) is 6.10 Å². The third kappa shape index (κ3) is 1.97. The summed E-state index contributed by atoms with van der Waals surface area (Å²) in [4.78, 5) is 11.8. The zero-order valence-corrected chi connectivity index (χ0v) is 12.1. The monoisotopic (exact) mass is 356 g/mol. The number of halogens is 2. The van der Waals surface area contributed by atoms with Crippen LogP contribution >= 0.6 is 31.9 Å². The summed E-state index contributed by atoms with van der Waals surface area (Å²) in [6, 6.07) is 8.18. The molecule has 1 fully saturated rings. The Balaban J connectivity index is 1.96. The van der Waals surface area contributed by atoms with Crippen LogP contribution in [0.3, 0.4) is 0 Å². The molecule has 0 spiro atoms. The Hall–Kier alpha value is -0.610. The van der Waals surface area contributed by atoms with E-state index >= 15 is 0 Å². The summed E-state index contributed by atoms with van der Waals surface area (Å²) < 4.78 is 7.38. The Morgan fingerprint density at radius 2 is 1.88 bits per heavy atom. The molecule has 2 nitrogen and oxygen atoms in total. The predicted molar refractivity (Wildman–Crippen MR) is 71.9 cm³/mol. The van der Waals surface area contributed by atoms with E-state index in [-0.39, 0.29) is 23.9 Å². The van der Waals surface area contributed by atoms with E-state index in [1.54, 1.807) is 0 Å². The molecule has 2 bridgehead atoms. The Morgan fingerprint density at radius 1 is 1.18 bits per heavy atom. The maximum absolute atomic E-state index is 11.8. The number of benzene rings is 1. The van der Waals surface area contributed by atoms with Crippen molar-refractivity contribution in [3.8, 4) is 0 Å². The lowest BCUT2D eigenvalue weighted by Crippen LogP contribution is -2.40. The molecule has 0 saturated carbocycles. The molecule has 0 N–H and O–H groups in total. The minimum absolute atomic E-state index is 0.0962. The zero-order valence-electron chi connectivity index (χ0n) is 8.90. The Bertz CT molecular complexity index is 493. The van der Waals surface area contributed by atoms with Gasteiger partial charge in [0.25, 0.3) is 0 Å². The molecule has 1 aliphatic carbocycles. The molecular formula is C13H10Br2O2. The van der Waals surface area contributed by atoms with Crippen LogP contribution in [-0.2, 0) is 9.53 Å². The first-order valence-electron chi connectivity index (χ1n) is 5.48. The number of ether oxygens (including phenoxy) is 1. The van der Waals surface area contributed by atoms with Crippen molar-refractivity contribution in [3.05, 3.63) is 44.9 Å². The SMILES string of the molecule is O=C1O[C@H]2C[C@@H](c3ccc(Br)cc3)[C@@H]1C=C2Br. The van der Waals surface area contributed by atoms with Gasteiger partial charge < -0.3 is 4.74 Å². The van der Waals surface area contributed by atoms with Gasteiger partial charge in [-0.25, -0.2) is 0 Å². The Kier molecular flexibility index (Phi) is 2.87.